The van der Waals surface area contributed by atoms with E-state index in [1.165, 1.54) is 4.40 Å². The van der Waals surface area contributed by atoms with E-state index in [0.29, 0.717) is 23.7 Å². The van der Waals surface area contributed by atoms with Crippen LogP contribution in [0.2, 0.25) is 5.15 Å². The van der Waals surface area contributed by atoms with Crippen molar-refractivity contribution in [2.75, 3.05) is 11.3 Å². The predicted molar refractivity (Wildman–Crippen MR) is 93.2 cm³/mol. The number of nitrogens with zero attached hydrogens (tertiary/aromatic N) is 2. The van der Waals surface area contributed by atoms with Gasteiger partial charge in [-0.3, -0.25) is 9.12 Å². The molecule has 1 aromatic carbocycles. The number of rotatable bonds is 6. The van der Waals surface area contributed by atoms with E-state index in [0.717, 1.165) is 6.42 Å². The van der Waals surface area contributed by atoms with Gasteiger partial charge in [-0.2, -0.15) is 8.42 Å². The standard InChI is InChI=1S/C16H16ClN3O3S/c1-2-11-23-13-8-4-3-7-12(13)19-24(21,22)16-15(17)18-14-9-5-6-10-20(14)16/h3-10,19H,2,11H2,1H3. The van der Waals surface area contributed by atoms with Crippen molar-refractivity contribution >= 4 is 33.0 Å². The van der Waals surface area contributed by atoms with Crippen LogP contribution in [0.15, 0.2) is 53.7 Å². The summed E-state index contributed by atoms with van der Waals surface area (Å²) in [6.45, 7) is 2.47. The zero-order valence-corrected chi connectivity index (χ0v) is 14.5. The second-order valence-electron chi connectivity index (χ2n) is 5.09. The molecule has 0 saturated carbocycles. The Hall–Kier alpha value is -2.25. The number of aromatic nitrogens is 2. The van der Waals surface area contributed by atoms with Crippen molar-refractivity contribution in [3.8, 4) is 5.75 Å². The third-order valence-electron chi connectivity index (χ3n) is 3.29. The van der Waals surface area contributed by atoms with Crippen LogP contribution in [-0.4, -0.2) is 24.4 Å². The summed E-state index contributed by atoms with van der Waals surface area (Å²) in [5, 5.41) is -0.189. The fourth-order valence-corrected chi connectivity index (χ4v) is 3.98. The number of ether oxygens (including phenoxy) is 1. The maximum Gasteiger partial charge on any atom is 0.281 e. The average molecular weight is 366 g/mol. The Morgan fingerprint density at radius 2 is 1.96 bits per heavy atom. The summed E-state index contributed by atoms with van der Waals surface area (Å²) < 4.78 is 35.2. The zero-order valence-electron chi connectivity index (χ0n) is 12.9. The van der Waals surface area contributed by atoms with Gasteiger partial charge in [-0.25, -0.2) is 4.98 Å². The number of benzene rings is 1. The first-order valence-electron chi connectivity index (χ1n) is 7.40. The van der Waals surface area contributed by atoms with Crippen LogP contribution in [0.5, 0.6) is 5.75 Å². The highest BCUT2D eigenvalue weighted by Crippen LogP contribution is 2.29. The van der Waals surface area contributed by atoms with Crippen molar-refractivity contribution in [2.45, 2.75) is 18.4 Å². The van der Waals surface area contributed by atoms with Gasteiger partial charge >= 0.3 is 0 Å². The molecule has 0 atom stereocenters. The summed E-state index contributed by atoms with van der Waals surface area (Å²) in [5.74, 6) is 0.466. The van der Waals surface area contributed by atoms with Gasteiger partial charge in [-0.1, -0.05) is 36.7 Å². The molecule has 0 spiro atoms. The summed E-state index contributed by atoms with van der Waals surface area (Å²) in [5.41, 5.74) is 0.811. The Balaban J connectivity index is 2.02. The fourth-order valence-electron chi connectivity index (χ4n) is 2.27. The molecular weight excluding hydrogens is 350 g/mol. The van der Waals surface area contributed by atoms with Crippen LogP contribution in [0, 0.1) is 0 Å². The summed E-state index contributed by atoms with van der Waals surface area (Å²) in [6, 6.07) is 12.0. The minimum Gasteiger partial charge on any atom is -0.491 e. The second kappa shape index (κ2) is 6.70. The molecule has 6 nitrogen and oxygen atoms in total. The second-order valence-corrected chi connectivity index (χ2v) is 7.04. The van der Waals surface area contributed by atoms with Gasteiger partial charge in [-0.15, -0.1) is 0 Å². The highest BCUT2D eigenvalue weighted by molar-refractivity contribution is 7.92. The van der Waals surface area contributed by atoms with E-state index in [9.17, 15) is 8.42 Å². The van der Waals surface area contributed by atoms with Gasteiger partial charge in [0.2, 0.25) is 0 Å². The number of imidazole rings is 1. The summed E-state index contributed by atoms with van der Waals surface area (Å²) in [6.07, 6.45) is 2.42. The number of fused-ring (bicyclic) bond motifs is 1. The zero-order chi connectivity index (χ0) is 17.2. The van der Waals surface area contributed by atoms with Crippen LogP contribution >= 0.6 is 11.6 Å². The first-order chi connectivity index (χ1) is 11.5. The van der Waals surface area contributed by atoms with E-state index in [1.807, 2.05) is 6.92 Å². The lowest BCUT2D eigenvalue weighted by Crippen LogP contribution is -2.16. The molecule has 0 radical (unpaired) electrons. The van der Waals surface area contributed by atoms with Crippen LogP contribution in [-0.2, 0) is 10.0 Å². The van der Waals surface area contributed by atoms with Crippen LogP contribution in [0.1, 0.15) is 13.3 Å². The molecule has 1 N–H and O–H groups in total. The number of hydrogen-bond acceptors (Lipinski definition) is 4. The minimum absolute atomic E-state index is 0.0827. The van der Waals surface area contributed by atoms with Gasteiger partial charge in [0.1, 0.15) is 11.4 Å². The molecule has 0 bridgehead atoms. The lowest BCUT2D eigenvalue weighted by molar-refractivity contribution is 0.319. The van der Waals surface area contributed by atoms with E-state index in [-0.39, 0.29) is 10.2 Å². The Kier molecular flexibility index (Phi) is 4.64. The van der Waals surface area contributed by atoms with Crippen molar-refractivity contribution in [1.82, 2.24) is 9.38 Å². The highest BCUT2D eigenvalue weighted by atomic mass is 35.5. The van der Waals surface area contributed by atoms with Crippen LogP contribution < -0.4 is 9.46 Å². The molecule has 3 rings (SSSR count). The molecule has 0 fully saturated rings. The Morgan fingerprint density at radius 1 is 1.21 bits per heavy atom. The number of pyridine rings is 1. The van der Waals surface area contributed by atoms with Crippen molar-refractivity contribution in [3.05, 3.63) is 53.8 Å². The van der Waals surface area contributed by atoms with E-state index in [2.05, 4.69) is 9.71 Å². The molecule has 0 saturated heterocycles. The van der Waals surface area contributed by atoms with E-state index in [1.54, 1.807) is 48.7 Å². The number of halogens is 1. The minimum atomic E-state index is -3.94. The Labute approximate surface area is 145 Å². The number of hydrogen-bond donors (Lipinski definition) is 1. The quantitative estimate of drug-likeness (QED) is 0.724. The summed E-state index contributed by atoms with van der Waals surface area (Å²) in [7, 11) is -3.94. The molecule has 0 aliphatic rings. The van der Waals surface area contributed by atoms with Gasteiger partial charge in [0, 0.05) is 6.20 Å². The fraction of sp³-hybridized carbons (Fsp3) is 0.188. The molecule has 0 aliphatic heterocycles. The van der Waals surface area contributed by atoms with Gasteiger partial charge in [0.25, 0.3) is 10.0 Å². The van der Waals surface area contributed by atoms with Crippen LogP contribution in [0.25, 0.3) is 5.65 Å². The Bertz CT molecular complexity index is 970. The maximum atomic E-state index is 12.8. The van der Waals surface area contributed by atoms with Crippen molar-refractivity contribution in [2.24, 2.45) is 0 Å². The molecule has 0 aliphatic carbocycles. The first kappa shape index (κ1) is 16.6. The number of para-hydroxylation sites is 2. The van der Waals surface area contributed by atoms with Crippen LogP contribution in [0.3, 0.4) is 0 Å². The molecule has 126 valence electrons. The van der Waals surface area contributed by atoms with Crippen molar-refractivity contribution in [1.29, 1.82) is 0 Å². The van der Waals surface area contributed by atoms with E-state index < -0.39 is 10.0 Å². The van der Waals surface area contributed by atoms with Crippen molar-refractivity contribution in [3.63, 3.8) is 0 Å². The number of anilines is 1. The Morgan fingerprint density at radius 3 is 2.75 bits per heavy atom. The van der Waals surface area contributed by atoms with Gasteiger partial charge in [0.15, 0.2) is 10.2 Å². The lowest BCUT2D eigenvalue weighted by atomic mass is 10.3. The molecule has 3 aromatic rings. The van der Waals surface area contributed by atoms with Crippen LogP contribution in [0.4, 0.5) is 5.69 Å². The largest absolute Gasteiger partial charge is 0.491 e. The summed E-state index contributed by atoms with van der Waals surface area (Å²) in [4.78, 5) is 4.07. The molecule has 24 heavy (non-hydrogen) atoms. The van der Waals surface area contributed by atoms with E-state index in [4.69, 9.17) is 16.3 Å². The van der Waals surface area contributed by atoms with Gasteiger partial charge < -0.3 is 4.74 Å². The predicted octanol–water partition coefficient (Wildman–Crippen LogP) is 3.58. The molecule has 2 heterocycles. The van der Waals surface area contributed by atoms with Gasteiger partial charge in [0.05, 0.1) is 12.3 Å². The molecule has 8 heteroatoms. The normalized spacial score (nSPS) is 11.6. The summed E-state index contributed by atoms with van der Waals surface area (Å²) >= 11 is 6.06. The average Bonchev–Trinajstić information content (AvgIpc) is 2.90. The lowest BCUT2D eigenvalue weighted by Gasteiger charge is -2.13. The third-order valence-corrected chi connectivity index (χ3v) is 5.06. The third kappa shape index (κ3) is 3.18. The first-order valence-corrected chi connectivity index (χ1v) is 9.26. The maximum absolute atomic E-state index is 12.8. The van der Waals surface area contributed by atoms with E-state index >= 15 is 0 Å². The van der Waals surface area contributed by atoms with Crippen molar-refractivity contribution < 1.29 is 13.2 Å². The topological polar surface area (TPSA) is 72.7 Å². The SMILES string of the molecule is CCCOc1ccccc1NS(=O)(=O)c1c(Cl)nc2ccccn12. The number of sulfonamides is 1. The monoisotopic (exact) mass is 365 g/mol. The van der Waals surface area contributed by atoms with Gasteiger partial charge in [-0.05, 0) is 30.7 Å². The molecule has 0 amide bonds. The number of nitrogens with one attached hydrogen (secondary N) is 1. The molecule has 2 aromatic heterocycles. The molecular formula is C16H16ClN3O3S. The molecule has 0 unspecified atom stereocenters. The smallest absolute Gasteiger partial charge is 0.281 e. The highest BCUT2D eigenvalue weighted by Gasteiger charge is 2.25.